The van der Waals surface area contributed by atoms with Gasteiger partial charge in [0.1, 0.15) is 6.04 Å². The number of hydrogen-bond acceptors (Lipinski definition) is 2. The lowest BCUT2D eigenvalue weighted by Gasteiger charge is -2.23. The van der Waals surface area contributed by atoms with Crippen molar-refractivity contribution in [2.24, 2.45) is 5.92 Å². The van der Waals surface area contributed by atoms with Gasteiger partial charge in [0, 0.05) is 16.6 Å². The normalized spacial score (nSPS) is 22.6. The van der Waals surface area contributed by atoms with Crippen LogP contribution >= 0.6 is 27.5 Å². The van der Waals surface area contributed by atoms with Crippen LogP contribution in [0.15, 0.2) is 22.7 Å². The fourth-order valence-corrected chi connectivity index (χ4v) is 2.84. The molecule has 2 unspecified atom stereocenters. The molecule has 1 heterocycles. The molecule has 4 nitrogen and oxygen atoms in total. The van der Waals surface area contributed by atoms with E-state index in [0.717, 1.165) is 0 Å². The Labute approximate surface area is 124 Å². The molecular weight excluding hydrogens is 334 g/mol. The van der Waals surface area contributed by atoms with Crippen LogP contribution in [0.3, 0.4) is 0 Å². The van der Waals surface area contributed by atoms with Crippen LogP contribution in [-0.4, -0.2) is 34.5 Å². The van der Waals surface area contributed by atoms with Crippen LogP contribution in [0.4, 0.5) is 0 Å². The quantitative estimate of drug-likeness (QED) is 0.895. The van der Waals surface area contributed by atoms with E-state index in [0.29, 0.717) is 28.0 Å². The molecule has 6 heteroatoms. The van der Waals surface area contributed by atoms with Gasteiger partial charge in [-0.05, 0) is 46.5 Å². The summed E-state index contributed by atoms with van der Waals surface area (Å²) in [5.41, 5.74) is 0.441. The molecule has 1 N–H and O–H groups in total. The minimum atomic E-state index is -0.952. The standard InChI is InChI=1S/C13H13BrClNO3/c1-7-4-5-16(11(7)13(18)19)12(17)8-2-3-10(15)9(14)6-8/h2-3,6-7,11H,4-5H2,1H3,(H,18,19). The van der Waals surface area contributed by atoms with Gasteiger partial charge in [-0.2, -0.15) is 0 Å². The molecule has 2 atom stereocenters. The molecule has 19 heavy (non-hydrogen) atoms. The van der Waals surface area contributed by atoms with Crippen molar-refractivity contribution in [1.29, 1.82) is 0 Å². The largest absolute Gasteiger partial charge is 0.480 e. The van der Waals surface area contributed by atoms with E-state index in [9.17, 15) is 14.7 Å². The molecule has 1 saturated heterocycles. The Kier molecular flexibility index (Phi) is 4.16. The Balaban J connectivity index is 2.28. The van der Waals surface area contributed by atoms with Crippen molar-refractivity contribution in [3.8, 4) is 0 Å². The Morgan fingerprint density at radius 3 is 2.74 bits per heavy atom. The first-order valence-corrected chi connectivity index (χ1v) is 7.07. The summed E-state index contributed by atoms with van der Waals surface area (Å²) in [4.78, 5) is 25.0. The summed E-state index contributed by atoms with van der Waals surface area (Å²) < 4.78 is 0.624. The van der Waals surface area contributed by atoms with Gasteiger partial charge in [0.25, 0.3) is 5.91 Å². The van der Waals surface area contributed by atoms with E-state index in [2.05, 4.69) is 15.9 Å². The zero-order valence-corrected chi connectivity index (χ0v) is 12.6. The monoisotopic (exact) mass is 345 g/mol. The lowest BCUT2D eigenvalue weighted by atomic mass is 10.0. The maximum Gasteiger partial charge on any atom is 0.326 e. The number of carboxylic acids is 1. The van der Waals surface area contributed by atoms with Crippen molar-refractivity contribution in [3.05, 3.63) is 33.3 Å². The van der Waals surface area contributed by atoms with E-state index in [4.69, 9.17) is 11.6 Å². The minimum Gasteiger partial charge on any atom is -0.480 e. The van der Waals surface area contributed by atoms with Gasteiger partial charge >= 0.3 is 5.97 Å². The SMILES string of the molecule is CC1CCN(C(=O)c2ccc(Cl)c(Br)c2)C1C(=O)O. The Hall–Kier alpha value is -1.07. The number of aliphatic carboxylic acids is 1. The molecule has 102 valence electrons. The van der Waals surface area contributed by atoms with Crippen LogP contribution in [0.1, 0.15) is 23.7 Å². The second-order valence-electron chi connectivity index (χ2n) is 4.68. The molecule has 0 radical (unpaired) electrons. The number of nitrogens with zero attached hydrogens (tertiary/aromatic N) is 1. The van der Waals surface area contributed by atoms with Gasteiger partial charge < -0.3 is 10.0 Å². The molecule has 1 amide bonds. The molecular formula is C13H13BrClNO3. The van der Waals surface area contributed by atoms with Gasteiger partial charge in [0.2, 0.25) is 0 Å². The molecule has 1 aliphatic rings. The third-order valence-electron chi connectivity index (χ3n) is 3.38. The van der Waals surface area contributed by atoms with Crippen LogP contribution in [0.5, 0.6) is 0 Å². The zero-order valence-electron chi connectivity index (χ0n) is 10.3. The van der Waals surface area contributed by atoms with Gasteiger partial charge in [-0.25, -0.2) is 4.79 Å². The molecule has 2 rings (SSSR count). The number of halogens is 2. The van der Waals surface area contributed by atoms with Crippen molar-refractivity contribution in [2.75, 3.05) is 6.54 Å². The van der Waals surface area contributed by atoms with Gasteiger partial charge in [-0.3, -0.25) is 4.79 Å². The maximum atomic E-state index is 12.4. The topological polar surface area (TPSA) is 57.6 Å². The van der Waals surface area contributed by atoms with Crippen molar-refractivity contribution in [3.63, 3.8) is 0 Å². The van der Waals surface area contributed by atoms with Crippen molar-refractivity contribution in [1.82, 2.24) is 4.90 Å². The summed E-state index contributed by atoms with van der Waals surface area (Å²) in [5.74, 6) is -1.25. The summed E-state index contributed by atoms with van der Waals surface area (Å²) in [6.07, 6.45) is 0.706. The number of likely N-dealkylation sites (tertiary alicyclic amines) is 1. The van der Waals surface area contributed by atoms with Crippen molar-refractivity contribution < 1.29 is 14.7 Å². The third kappa shape index (κ3) is 2.77. The van der Waals surface area contributed by atoms with Gasteiger partial charge in [0.15, 0.2) is 0 Å². The van der Waals surface area contributed by atoms with E-state index in [1.54, 1.807) is 18.2 Å². The molecule has 0 saturated carbocycles. The van der Waals surface area contributed by atoms with Crippen molar-refractivity contribution in [2.45, 2.75) is 19.4 Å². The van der Waals surface area contributed by atoms with Crippen LogP contribution in [0.2, 0.25) is 5.02 Å². The fraction of sp³-hybridized carbons (Fsp3) is 0.385. The molecule has 1 aromatic carbocycles. The van der Waals surface area contributed by atoms with Crippen LogP contribution in [0, 0.1) is 5.92 Å². The van der Waals surface area contributed by atoms with E-state index >= 15 is 0 Å². The van der Waals surface area contributed by atoms with E-state index in [-0.39, 0.29) is 11.8 Å². The molecule has 0 aliphatic carbocycles. The second kappa shape index (κ2) is 5.51. The highest BCUT2D eigenvalue weighted by Gasteiger charge is 2.39. The molecule has 0 bridgehead atoms. The number of carbonyl (C=O) groups excluding carboxylic acids is 1. The highest BCUT2D eigenvalue weighted by Crippen LogP contribution is 2.28. The number of benzene rings is 1. The number of carboxylic acid groups (broad SMARTS) is 1. The molecule has 1 aromatic rings. The predicted octanol–water partition coefficient (Wildman–Crippen LogP) is 3.04. The Bertz CT molecular complexity index is 535. The molecule has 0 spiro atoms. The number of amides is 1. The van der Waals surface area contributed by atoms with Crippen LogP contribution in [0.25, 0.3) is 0 Å². The lowest BCUT2D eigenvalue weighted by molar-refractivity contribution is -0.142. The van der Waals surface area contributed by atoms with E-state index < -0.39 is 12.0 Å². The summed E-state index contributed by atoms with van der Waals surface area (Å²) in [6, 6.07) is 4.10. The molecule has 1 fully saturated rings. The predicted molar refractivity (Wildman–Crippen MR) is 75.4 cm³/mol. The lowest BCUT2D eigenvalue weighted by Crippen LogP contribution is -2.42. The number of carbonyl (C=O) groups is 2. The van der Waals surface area contributed by atoms with Crippen LogP contribution < -0.4 is 0 Å². The maximum absolute atomic E-state index is 12.4. The minimum absolute atomic E-state index is 0.0304. The first-order chi connectivity index (χ1) is 8.91. The fourth-order valence-electron chi connectivity index (χ4n) is 2.35. The average Bonchev–Trinajstić information content (AvgIpc) is 2.74. The Morgan fingerprint density at radius 2 is 2.16 bits per heavy atom. The average molecular weight is 347 g/mol. The highest BCUT2D eigenvalue weighted by molar-refractivity contribution is 9.10. The summed E-state index contributed by atoms with van der Waals surface area (Å²) in [6.45, 7) is 2.32. The Morgan fingerprint density at radius 1 is 1.47 bits per heavy atom. The smallest absolute Gasteiger partial charge is 0.326 e. The van der Waals surface area contributed by atoms with Gasteiger partial charge in [-0.1, -0.05) is 18.5 Å². The van der Waals surface area contributed by atoms with E-state index in [1.807, 2.05) is 6.92 Å². The van der Waals surface area contributed by atoms with Gasteiger partial charge in [-0.15, -0.1) is 0 Å². The number of hydrogen-bond donors (Lipinski definition) is 1. The van der Waals surface area contributed by atoms with Crippen molar-refractivity contribution >= 4 is 39.4 Å². The zero-order chi connectivity index (χ0) is 14.2. The second-order valence-corrected chi connectivity index (χ2v) is 5.94. The molecule has 1 aliphatic heterocycles. The molecule has 0 aromatic heterocycles. The highest BCUT2D eigenvalue weighted by atomic mass is 79.9. The van der Waals surface area contributed by atoms with Gasteiger partial charge in [0.05, 0.1) is 5.02 Å². The third-order valence-corrected chi connectivity index (χ3v) is 4.59. The van der Waals surface area contributed by atoms with Crippen LogP contribution in [-0.2, 0) is 4.79 Å². The first-order valence-electron chi connectivity index (χ1n) is 5.90. The summed E-state index contributed by atoms with van der Waals surface area (Å²) >= 11 is 9.14. The summed E-state index contributed by atoms with van der Waals surface area (Å²) in [7, 11) is 0. The summed E-state index contributed by atoms with van der Waals surface area (Å²) in [5, 5.41) is 9.74. The number of rotatable bonds is 2. The first kappa shape index (κ1) is 14.3. The van der Waals surface area contributed by atoms with E-state index in [1.165, 1.54) is 4.90 Å².